The summed E-state index contributed by atoms with van der Waals surface area (Å²) >= 11 is 1.37. The number of nitrogens with one attached hydrogen (secondary N) is 1. The van der Waals surface area contributed by atoms with Crippen molar-refractivity contribution in [1.82, 2.24) is 5.32 Å². The molecule has 0 spiro atoms. The second kappa shape index (κ2) is 10.5. The van der Waals surface area contributed by atoms with Crippen LogP contribution in [0.1, 0.15) is 33.6 Å². The summed E-state index contributed by atoms with van der Waals surface area (Å²) in [5, 5.41) is 4.79. The highest BCUT2D eigenvalue weighted by molar-refractivity contribution is 7.12. The monoisotopic (exact) mass is 452 g/mol. The number of benzene rings is 2. The van der Waals surface area contributed by atoms with E-state index in [1.165, 1.54) is 23.5 Å². The van der Waals surface area contributed by atoms with Gasteiger partial charge in [-0.3, -0.25) is 9.59 Å². The van der Waals surface area contributed by atoms with E-state index in [2.05, 4.69) is 5.32 Å². The number of carbonyl (C=O) groups is 2. The van der Waals surface area contributed by atoms with Crippen molar-refractivity contribution in [3.05, 3.63) is 87.9 Å². The van der Waals surface area contributed by atoms with Crippen LogP contribution in [0.4, 0.5) is 10.1 Å². The first-order valence-electron chi connectivity index (χ1n) is 10.7. The van der Waals surface area contributed by atoms with Crippen molar-refractivity contribution in [2.45, 2.75) is 31.9 Å². The summed E-state index contributed by atoms with van der Waals surface area (Å²) in [5.74, 6) is -0.530. The van der Waals surface area contributed by atoms with Crippen molar-refractivity contribution >= 4 is 28.8 Å². The minimum absolute atomic E-state index is 0.0766. The first kappa shape index (κ1) is 22.2. The van der Waals surface area contributed by atoms with E-state index in [1.54, 1.807) is 23.1 Å². The Balaban J connectivity index is 1.50. The van der Waals surface area contributed by atoms with Crippen LogP contribution in [0.5, 0.6) is 0 Å². The Bertz CT molecular complexity index is 1050. The third kappa shape index (κ3) is 5.81. The van der Waals surface area contributed by atoms with Gasteiger partial charge in [-0.15, -0.1) is 11.3 Å². The van der Waals surface area contributed by atoms with Gasteiger partial charge >= 0.3 is 0 Å². The first-order chi connectivity index (χ1) is 15.6. The van der Waals surface area contributed by atoms with E-state index in [9.17, 15) is 14.0 Å². The third-order valence-electron chi connectivity index (χ3n) is 5.37. The molecule has 0 unspecified atom stereocenters. The molecular weight excluding hydrogens is 427 g/mol. The third-order valence-corrected chi connectivity index (χ3v) is 6.23. The van der Waals surface area contributed by atoms with Crippen molar-refractivity contribution in [3.8, 4) is 0 Å². The molecule has 32 heavy (non-hydrogen) atoms. The molecule has 1 aliphatic rings. The molecule has 4 rings (SSSR count). The van der Waals surface area contributed by atoms with Gasteiger partial charge in [0.25, 0.3) is 5.91 Å². The molecule has 1 saturated heterocycles. The molecule has 2 aromatic carbocycles. The number of nitrogens with zero attached hydrogens (tertiary/aromatic N) is 1. The number of amides is 2. The van der Waals surface area contributed by atoms with E-state index in [-0.39, 0.29) is 30.2 Å². The second-order valence-corrected chi connectivity index (χ2v) is 8.73. The molecule has 0 bridgehead atoms. The zero-order valence-electron chi connectivity index (χ0n) is 17.6. The lowest BCUT2D eigenvalue weighted by Crippen LogP contribution is -2.33. The smallest absolute Gasteiger partial charge is 0.268 e. The van der Waals surface area contributed by atoms with E-state index in [0.717, 1.165) is 30.6 Å². The molecule has 5 nitrogen and oxygen atoms in total. The van der Waals surface area contributed by atoms with Gasteiger partial charge < -0.3 is 15.0 Å². The second-order valence-electron chi connectivity index (χ2n) is 7.78. The Morgan fingerprint density at radius 2 is 1.94 bits per heavy atom. The number of hydrogen-bond donors (Lipinski definition) is 1. The van der Waals surface area contributed by atoms with Crippen molar-refractivity contribution in [2.75, 3.05) is 18.1 Å². The van der Waals surface area contributed by atoms with E-state index < -0.39 is 0 Å². The molecule has 1 N–H and O–H groups in total. The zero-order valence-corrected chi connectivity index (χ0v) is 18.4. The number of halogens is 1. The Kier molecular flexibility index (Phi) is 7.29. The topological polar surface area (TPSA) is 58.6 Å². The van der Waals surface area contributed by atoms with Crippen LogP contribution in [-0.4, -0.2) is 31.1 Å². The van der Waals surface area contributed by atoms with E-state index in [1.807, 2.05) is 35.7 Å². The van der Waals surface area contributed by atoms with Gasteiger partial charge in [-0.2, -0.15) is 0 Å². The Morgan fingerprint density at radius 3 is 2.66 bits per heavy atom. The van der Waals surface area contributed by atoms with Crippen LogP contribution in [0.15, 0.2) is 66.0 Å². The number of rotatable bonds is 8. The summed E-state index contributed by atoms with van der Waals surface area (Å²) in [6.45, 7) is 1.57. The van der Waals surface area contributed by atoms with Crippen molar-refractivity contribution in [1.29, 1.82) is 0 Å². The molecular formula is C25H25FN2O3S. The summed E-state index contributed by atoms with van der Waals surface area (Å²) in [5.41, 5.74) is 2.32. The number of thiophene rings is 1. The highest BCUT2D eigenvalue weighted by Gasteiger charge is 2.20. The lowest BCUT2D eigenvalue weighted by Gasteiger charge is -2.23. The molecule has 0 aliphatic carbocycles. The minimum atomic E-state index is -0.319. The molecule has 1 aromatic heterocycles. The van der Waals surface area contributed by atoms with Crippen LogP contribution in [0, 0.1) is 5.82 Å². The van der Waals surface area contributed by atoms with Crippen LogP contribution in [0.25, 0.3) is 0 Å². The summed E-state index contributed by atoms with van der Waals surface area (Å²) in [7, 11) is 0. The Labute approximate surface area is 190 Å². The summed E-state index contributed by atoms with van der Waals surface area (Å²) in [6.07, 6.45) is 2.32. The molecule has 7 heteroatoms. The normalized spacial score (nSPS) is 15.5. The van der Waals surface area contributed by atoms with Crippen LogP contribution in [-0.2, 0) is 22.5 Å². The maximum Gasteiger partial charge on any atom is 0.268 e. The molecule has 2 amide bonds. The molecule has 3 aromatic rings. The number of carbonyl (C=O) groups excluding carboxylic acids is 2. The van der Waals surface area contributed by atoms with E-state index in [4.69, 9.17) is 4.74 Å². The molecule has 2 heterocycles. The van der Waals surface area contributed by atoms with Gasteiger partial charge in [0.05, 0.1) is 23.9 Å². The summed E-state index contributed by atoms with van der Waals surface area (Å²) in [6, 6.07) is 17.2. The van der Waals surface area contributed by atoms with Crippen molar-refractivity contribution in [3.63, 3.8) is 0 Å². The lowest BCUT2D eigenvalue weighted by atomic mass is 10.1. The molecule has 0 saturated carbocycles. The van der Waals surface area contributed by atoms with Crippen molar-refractivity contribution in [2.24, 2.45) is 0 Å². The molecule has 166 valence electrons. The maximum atomic E-state index is 13.3. The SMILES string of the molecule is O=C(Cc1cccc(N(Cc2ccc(F)cc2)C(=O)c2cccs2)c1)NC[C@@H]1CCCO1. The van der Waals surface area contributed by atoms with Gasteiger partial charge in [0.15, 0.2) is 0 Å². The zero-order chi connectivity index (χ0) is 22.3. The summed E-state index contributed by atoms with van der Waals surface area (Å²) < 4.78 is 18.9. The fraction of sp³-hybridized carbons (Fsp3) is 0.280. The van der Waals surface area contributed by atoms with Crippen LogP contribution in [0.3, 0.4) is 0 Å². The summed E-state index contributed by atoms with van der Waals surface area (Å²) in [4.78, 5) is 27.9. The highest BCUT2D eigenvalue weighted by Crippen LogP contribution is 2.24. The lowest BCUT2D eigenvalue weighted by molar-refractivity contribution is -0.120. The predicted octanol–water partition coefficient (Wildman–Crippen LogP) is 4.57. The van der Waals surface area contributed by atoms with E-state index in [0.29, 0.717) is 23.7 Å². The Morgan fingerprint density at radius 1 is 1.09 bits per heavy atom. The van der Waals surface area contributed by atoms with Crippen LogP contribution < -0.4 is 10.2 Å². The largest absolute Gasteiger partial charge is 0.376 e. The van der Waals surface area contributed by atoms with Gasteiger partial charge in [0.2, 0.25) is 5.91 Å². The Hall–Kier alpha value is -3.03. The predicted molar refractivity (Wildman–Crippen MR) is 123 cm³/mol. The first-order valence-corrected chi connectivity index (χ1v) is 11.5. The quantitative estimate of drug-likeness (QED) is 0.545. The average Bonchev–Trinajstić information content (AvgIpc) is 3.51. The highest BCUT2D eigenvalue weighted by atomic mass is 32.1. The van der Waals surface area contributed by atoms with Gasteiger partial charge in [0.1, 0.15) is 5.82 Å². The number of ether oxygens (including phenoxy) is 1. The van der Waals surface area contributed by atoms with Gasteiger partial charge in [-0.05, 0) is 59.7 Å². The van der Waals surface area contributed by atoms with E-state index >= 15 is 0 Å². The fourth-order valence-corrected chi connectivity index (χ4v) is 4.37. The average molecular weight is 453 g/mol. The van der Waals surface area contributed by atoms with Gasteiger partial charge in [0, 0.05) is 18.8 Å². The van der Waals surface area contributed by atoms with Gasteiger partial charge in [-0.1, -0.05) is 30.3 Å². The number of hydrogen-bond acceptors (Lipinski definition) is 4. The molecule has 1 fully saturated rings. The number of anilines is 1. The van der Waals surface area contributed by atoms with Crippen LogP contribution >= 0.6 is 11.3 Å². The standard InChI is InChI=1S/C25H25FN2O3S/c26-20-10-8-18(9-11-20)17-28(25(30)23-7-3-13-32-23)21-5-1-4-19(14-21)15-24(29)27-16-22-6-2-12-31-22/h1,3-5,7-11,13-14,22H,2,6,12,15-17H2,(H,27,29)/t22-/m0/s1. The van der Waals surface area contributed by atoms with Crippen LogP contribution in [0.2, 0.25) is 0 Å². The van der Waals surface area contributed by atoms with Crippen molar-refractivity contribution < 1.29 is 18.7 Å². The van der Waals surface area contributed by atoms with Gasteiger partial charge in [-0.25, -0.2) is 4.39 Å². The molecule has 1 aliphatic heterocycles. The minimum Gasteiger partial charge on any atom is -0.376 e. The molecule has 0 radical (unpaired) electrons. The molecule has 1 atom stereocenters. The fourth-order valence-electron chi connectivity index (χ4n) is 3.70. The maximum absolute atomic E-state index is 13.3.